The van der Waals surface area contributed by atoms with E-state index in [2.05, 4.69) is 0 Å². The van der Waals surface area contributed by atoms with E-state index in [4.69, 9.17) is 28.3 Å². The number of carboxylic acid groups (broad SMARTS) is 1. The van der Waals surface area contributed by atoms with Gasteiger partial charge in [-0.25, -0.2) is 0 Å². The van der Waals surface area contributed by atoms with Gasteiger partial charge in [-0.1, -0.05) is 23.2 Å². The Morgan fingerprint density at radius 2 is 1.89 bits per heavy atom. The van der Waals surface area contributed by atoms with Crippen LogP contribution in [0, 0.1) is 13.8 Å². The Labute approximate surface area is 169 Å². The molecular weight excluding hydrogens is 411 g/mol. The standard InChI is InChI=1S/C18H14Cl2N2O4S/c1-9-5-11(6-15-17(25)21(8-16(23)24)18(26)27-15)10(2)22(9)12-3-4-13(19)14(20)7-12/h3-7H,8H2,1-2H3,(H,23,24)/b15-6-. The van der Waals surface area contributed by atoms with Crippen LogP contribution in [0.2, 0.25) is 10.0 Å². The van der Waals surface area contributed by atoms with Gasteiger partial charge in [-0.15, -0.1) is 0 Å². The minimum Gasteiger partial charge on any atom is -0.480 e. The summed E-state index contributed by atoms with van der Waals surface area (Å²) in [5, 5.41) is 9.13. The van der Waals surface area contributed by atoms with Crippen molar-refractivity contribution in [2.45, 2.75) is 13.8 Å². The van der Waals surface area contributed by atoms with Crippen molar-refractivity contribution in [1.29, 1.82) is 0 Å². The van der Waals surface area contributed by atoms with Crippen molar-refractivity contribution in [2.24, 2.45) is 0 Å². The van der Waals surface area contributed by atoms with E-state index in [1.54, 1.807) is 18.2 Å². The first-order chi connectivity index (χ1) is 12.7. The second-order valence-electron chi connectivity index (χ2n) is 5.92. The van der Waals surface area contributed by atoms with Gasteiger partial charge in [0.25, 0.3) is 11.1 Å². The van der Waals surface area contributed by atoms with Crippen LogP contribution in [0.5, 0.6) is 0 Å². The quantitative estimate of drug-likeness (QED) is 0.729. The fraction of sp³-hybridized carbons (Fsp3) is 0.167. The molecule has 2 heterocycles. The Bertz CT molecular complexity index is 1010. The highest BCUT2D eigenvalue weighted by Crippen LogP contribution is 2.34. The van der Waals surface area contributed by atoms with E-state index in [1.807, 2.05) is 30.5 Å². The molecule has 0 radical (unpaired) electrons. The summed E-state index contributed by atoms with van der Waals surface area (Å²) in [7, 11) is 0. The molecule has 0 unspecified atom stereocenters. The molecule has 1 aliphatic rings. The Hall–Kier alpha value is -2.22. The average Bonchev–Trinajstić information content (AvgIpc) is 3.01. The molecule has 0 spiro atoms. The number of aromatic nitrogens is 1. The summed E-state index contributed by atoms with van der Waals surface area (Å²) in [5.74, 6) is -1.84. The lowest BCUT2D eigenvalue weighted by molar-refractivity contribution is -0.140. The molecule has 1 fully saturated rings. The molecule has 6 nitrogen and oxygen atoms in total. The predicted molar refractivity (Wildman–Crippen MR) is 106 cm³/mol. The molecule has 9 heteroatoms. The topological polar surface area (TPSA) is 79.6 Å². The highest BCUT2D eigenvalue weighted by Gasteiger charge is 2.36. The van der Waals surface area contributed by atoms with Crippen LogP contribution in [0.15, 0.2) is 29.2 Å². The van der Waals surface area contributed by atoms with E-state index in [-0.39, 0.29) is 4.91 Å². The number of carboxylic acids is 1. The van der Waals surface area contributed by atoms with Crippen LogP contribution in [0.1, 0.15) is 17.0 Å². The first kappa shape index (κ1) is 19.5. The second kappa shape index (κ2) is 7.42. The van der Waals surface area contributed by atoms with Crippen molar-refractivity contribution < 1.29 is 19.5 Å². The Balaban J connectivity index is 1.99. The number of hydrogen-bond acceptors (Lipinski definition) is 4. The number of hydrogen-bond donors (Lipinski definition) is 1. The van der Waals surface area contributed by atoms with Gasteiger partial charge in [0.2, 0.25) is 0 Å². The Morgan fingerprint density at radius 3 is 2.52 bits per heavy atom. The number of carbonyl (C=O) groups excluding carboxylic acids is 2. The van der Waals surface area contributed by atoms with Gasteiger partial charge in [-0.2, -0.15) is 0 Å². The number of rotatable bonds is 4. The van der Waals surface area contributed by atoms with Crippen LogP contribution in [0.3, 0.4) is 0 Å². The monoisotopic (exact) mass is 424 g/mol. The van der Waals surface area contributed by atoms with Gasteiger partial charge < -0.3 is 9.67 Å². The van der Waals surface area contributed by atoms with Crippen molar-refractivity contribution in [2.75, 3.05) is 6.54 Å². The number of nitrogens with zero attached hydrogens (tertiary/aromatic N) is 2. The lowest BCUT2D eigenvalue weighted by Gasteiger charge is -2.10. The average molecular weight is 425 g/mol. The van der Waals surface area contributed by atoms with Crippen LogP contribution in [-0.2, 0) is 9.59 Å². The van der Waals surface area contributed by atoms with Crippen LogP contribution in [0.4, 0.5) is 4.79 Å². The summed E-state index contributed by atoms with van der Waals surface area (Å²) in [6, 6.07) is 7.16. The van der Waals surface area contributed by atoms with Crippen molar-refractivity contribution in [3.8, 4) is 5.69 Å². The van der Waals surface area contributed by atoms with Crippen LogP contribution >= 0.6 is 35.0 Å². The molecule has 140 valence electrons. The number of thioether (sulfide) groups is 1. The van der Waals surface area contributed by atoms with Crippen LogP contribution in [0.25, 0.3) is 11.8 Å². The summed E-state index contributed by atoms with van der Waals surface area (Å²) in [6.45, 7) is 3.14. The summed E-state index contributed by atoms with van der Waals surface area (Å²) < 4.78 is 1.95. The van der Waals surface area contributed by atoms with E-state index in [1.165, 1.54) is 0 Å². The zero-order valence-electron chi connectivity index (χ0n) is 14.3. The molecule has 1 saturated heterocycles. The summed E-state index contributed by atoms with van der Waals surface area (Å²) in [6.07, 6.45) is 1.60. The molecule has 0 saturated carbocycles. The number of aryl methyl sites for hydroxylation is 1. The SMILES string of the molecule is Cc1cc(/C=C2\SC(=O)N(CC(=O)O)C2=O)c(C)n1-c1ccc(Cl)c(Cl)c1. The van der Waals surface area contributed by atoms with Gasteiger partial charge in [0.1, 0.15) is 6.54 Å². The first-order valence-corrected chi connectivity index (χ1v) is 9.38. The van der Waals surface area contributed by atoms with Gasteiger partial charge in [0, 0.05) is 17.1 Å². The maximum Gasteiger partial charge on any atom is 0.323 e. The molecular formula is C18H14Cl2N2O4S. The maximum absolute atomic E-state index is 12.3. The number of halogens is 2. The van der Waals surface area contributed by atoms with E-state index < -0.39 is 23.7 Å². The second-order valence-corrected chi connectivity index (χ2v) is 7.73. The molecule has 1 aromatic heterocycles. The third kappa shape index (κ3) is 3.76. The summed E-state index contributed by atoms with van der Waals surface area (Å²) >= 11 is 12.8. The smallest absolute Gasteiger partial charge is 0.323 e. The number of imide groups is 1. The fourth-order valence-corrected chi connectivity index (χ4v) is 3.99. The third-order valence-corrected chi connectivity index (χ3v) is 5.73. The highest BCUT2D eigenvalue weighted by atomic mass is 35.5. The predicted octanol–water partition coefficient (Wildman–Crippen LogP) is 4.52. The van der Waals surface area contributed by atoms with Gasteiger partial charge in [-0.05, 0) is 61.5 Å². The number of carbonyl (C=O) groups is 3. The molecule has 1 N–H and O–H groups in total. The molecule has 1 aromatic carbocycles. The molecule has 1 aliphatic heterocycles. The van der Waals surface area contributed by atoms with Crippen molar-refractivity contribution >= 4 is 58.2 Å². The number of benzene rings is 1. The zero-order valence-corrected chi connectivity index (χ0v) is 16.7. The normalized spacial score (nSPS) is 15.9. The number of aliphatic carboxylic acids is 1. The minimum absolute atomic E-state index is 0.190. The third-order valence-electron chi connectivity index (χ3n) is 4.09. The molecule has 2 aromatic rings. The summed E-state index contributed by atoms with van der Waals surface area (Å²) in [5.41, 5.74) is 3.32. The van der Waals surface area contributed by atoms with Crippen LogP contribution < -0.4 is 0 Å². The van der Waals surface area contributed by atoms with E-state index in [9.17, 15) is 14.4 Å². The molecule has 3 rings (SSSR count). The Kier molecular flexibility index (Phi) is 5.37. The maximum atomic E-state index is 12.3. The molecule has 27 heavy (non-hydrogen) atoms. The van der Waals surface area contributed by atoms with E-state index in [0.717, 1.165) is 39.3 Å². The van der Waals surface area contributed by atoms with Gasteiger partial charge in [0.05, 0.1) is 15.0 Å². The largest absolute Gasteiger partial charge is 0.480 e. The fourth-order valence-electron chi connectivity index (χ4n) is 2.87. The van der Waals surface area contributed by atoms with Crippen LogP contribution in [-0.4, -0.2) is 38.2 Å². The lowest BCUT2D eigenvalue weighted by atomic mass is 10.2. The van der Waals surface area contributed by atoms with Gasteiger partial charge in [-0.3, -0.25) is 19.3 Å². The van der Waals surface area contributed by atoms with Crippen molar-refractivity contribution in [1.82, 2.24) is 9.47 Å². The molecule has 0 aliphatic carbocycles. The van der Waals surface area contributed by atoms with E-state index >= 15 is 0 Å². The lowest BCUT2D eigenvalue weighted by Crippen LogP contribution is -2.33. The number of amides is 2. The summed E-state index contributed by atoms with van der Waals surface area (Å²) in [4.78, 5) is 36.0. The van der Waals surface area contributed by atoms with Gasteiger partial charge >= 0.3 is 5.97 Å². The van der Waals surface area contributed by atoms with Crippen molar-refractivity contribution in [3.05, 3.63) is 56.2 Å². The van der Waals surface area contributed by atoms with E-state index in [0.29, 0.717) is 10.0 Å². The van der Waals surface area contributed by atoms with Gasteiger partial charge in [0.15, 0.2) is 0 Å². The zero-order chi connectivity index (χ0) is 19.9. The molecule has 0 atom stereocenters. The van der Waals surface area contributed by atoms with Crippen molar-refractivity contribution in [3.63, 3.8) is 0 Å². The molecule has 0 bridgehead atoms. The minimum atomic E-state index is -1.24. The Morgan fingerprint density at radius 1 is 1.19 bits per heavy atom. The molecule has 2 amide bonds. The highest BCUT2D eigenvalue weighted by molar-refractivity contribution is 8.18. The first-order valence-electron chi connectivity index (χ1n) is 7.80.